The van der Waals surface area contributed by atoms with E-state index in [0.717, 1.165) is 50.9 Å². The summed E-state index contributed by atoms with van der Waals surface area (Å²) in [5.74, 6) is 0. The Balaban J connectivity index is 1.03. The SMILES string of the molecule is c1ccc(N(c2ccc3c(c2)c2ccccc2n3-c2ccccc2)c2cccc3c2ccc2c4ccccc4cc(N(c4ccccc4)c4ccc5c(c4)c4ccccc4n5-c4ccccc4)c32)cc1. The van der Waals surface area contributed by atoms with Crippen LogP contribution in [0.25, 0.3) is 87.3 Å². The zero-order valence-electron chi connectivity index (χ0n) is 38.2. The quantitative estimate of drug-likeness (QED) is 0.141. The molecule has 0 bridgehead atoms. The largest absolute Gasteiger partial charge is 0.310 e. The zero-order chi connectivity index (χ0) is 46.1. The van der Waals surface area contributed by atoms with Crippen LogP contribution in [0, 0.1) is 0 Å². The van der Waals surface area contributed by atoms with E-state index in [0.29, 0.717) is 0 Å². The van der Waals surface area contributed by atoms with Crippen molar-refractivity contribution in [1.29, 1.82) is 0 Å². The first-order chi connectivity index (χ1) is 34.8. The molecular weight excluding hydrogens is 849 g/mol. The fourth-order valence-corrected chi connectivity index (χ4v) is 11.2. The van der Waals surface area contributed by atoms with Gasteiger partial charge in [0.15, 0.2) is 0 Å². The smallest absolute Gasteiger partial charge is 0.0552 e. The topological polar surface area (TPSA) is 16.3 Å². The molecule has 0 N–H and O–H groups in total. The van der Waals surface area contributed by atoms with E-state index in [4.69, 9.17) is 0 Å². The first-order valence-electron chi connectivity index (χ1n) is 24.0. The van der Waals surface area contributed by atoms with Crippen LogP contribution >= 0.6 is 0 Å². The van der Waals surface area contributed by atoms with Gasteiger partial charge in [0.05, 0.1) is 33.4 Å². The van der Waals surface area contributed by atoms with Crippen molar-refractivity contribution in [3.8, 4) is 11.4 Å². The Morgan fingerprint density at radius 3 is 1.20 bits per heavy atom. The van der Waals surface area contributed by atoms with Crippen molar-refractivity contribution in [3.05, 3.63) is 267 Å². The monoisotopic (exact) mass is 892 g/mol. The Labute approximate surface area is 405 Å². The first-order valence-corrected chi connectivity index (χ1v) is 24.0. The van der Waals surface area contributed by atoms with Crippen molar-refractivity contribution in [2.24, 2.45) is 0 Å². The van der Waals surface area contributed by atoms with Crippen LogP contribution in [0.4, 0.5) is 34.1 Å². The third-order valence-electron chi connectivity index (χ3n) is 14.2. The Kier molecular flexibility index (Phi) is 9.17. The molecule has 2 aromatic heterocycles. The van der Waals surface area contributed by atoms with Crippen LogP contribution in [-0.2, 0) is 0 Å². The van der Waals surface area contributed by atoms with Gasteiger partial charge in [-0.3, -0.25) is 0 Å². The fraction of sp³-hybridized carbons (Fsp3) is 0. The van der Waals surface area contributed by atoms with Gasteiger partial charge < -0.3 is 18.9 Å². The molecule has 0 saturated heterocycles. The van der Waals surface area contributed by atoms with Crippen LogP contribution in [0.3, 0.4) is 0 Å². The normalized spacial score (nSPS) is 11.7. The van der Waals surface area contributed by atoms with Crippen LogP contribution in [0.1, 0.15) is 0 Å². The van der Waals surface area contributed by atoms with Gasteiger partial charge in [0.2, 0.25) is 0 Å². The van der Waals surface area contributed by atoms with Gasteiger partial charge in [0.25, 0.3) is 0 Å². The third kappa shape index (κ3) is 6.24. The second-order valence-electron chi connectivity index (χ2n) is 18.1. The molecule has 70 heavy (non-hydrogen) atoms. The van der Waals surface area contributed by atoms with E-state index in [-0.39, 0.29) is 0 Å². The van der Waals surface area contributed by atoms with E-state index in [2.05, 4.69) is 286 Å². The lowest BCUT2D eigenvalue weighted by Gasteiger charge is -2.30. The fourth-order valence-electron chi connectivity index (χ4n) is 11.2. The van der Waals surface area contributed by atoms with Crippen molar-refractivity contribution in [3.63, 3.8) is 0 Å². The van der Waals surface area contributed by atoms with Crippen molar-refractivity contribution >= 4 is 110 Å². The van der Waals surface area contributed by atoms with E-state index in [1.807, 2.05) is 0 Å². The molecule has 4 nitrogen and oxygen atoms in total. The molecule has 0 amide bonds. The van der Waals surface area contributed by atoms with Gasteiger partial charge in [0.1, 0.15) is 0 Å². The molecule has 0 aliphatic carbocycles. The number of hydrogen-bond acceptors (Lipinski definition) is 2. The number of rotatable bonds is 8. The number of para-hydroxylation sites is 6. The van der Waals surface area contributed by atoms with E-state index in [1.54, 1.807) is 0 Å². The number of aromatic nitrogens is 2. The molecule has 0 unspecified atom stereocenters. The third-order valence-corrected chi connectivity index (χ3v) is 14.2. The van der Waals surface area contributed by atoms with Crippen LogP contribution in [0.5, 0.6) is 0 Å². The van der Waals surface area contributed by atoms with Crippen molar-refractivity contribution < 1.29 is 0 Å². The number of fused-ring (bicyclic) bond motifs is 11. The van der Waals surface area contributed by atoms with E-state index < -0.39 is 0 Å². The number of benzene rings is 12. The molecule has 2 heterocycles. The Bertz CT molecular complexity index is 4290. The summed E-state index contributed by atoms with van der Waals surface area (Å²) in [4.78, 5) is 4.91. The summed E-state index contributed by atoms with van der Waals surface area (Å²) in [6, 6.07) is 97.3. The molecule has 0 aliphatic heterocycles. The van der Waals surface area contributed by atoms with E-state index >= 15 is 0 Å². The minimum atomic E-state index is 1.09. The Hall–Kier alpha value is -9.38. The van der Waals surface area contributed by atoms with Crippen LogP contribution < -0.4 is 9.80 Å². The van der Waals surface area contributed by atoms with Crippen molar-refractivity contribution in [2.45, 2.75) is 0 Å². The lowest BCUT2D eigenvalue weighted by atomic mass is 9.93. The second kappa shape index (κ2) is 16.2. The van der Waals surface area contributed by atoms with Gasteiger partial charge in [0, 0.05) is 66.4 Å². The molecule has 0 radical (unpaired) electrons. The average molecular weight is 893 g/mol. The van der Waals surface area contributed by atoms with Gasteiger partial charge in [-0.15, -0.1) is 0 Å². The van der Waals surface area contributed by atoms with Crippen molar-refractivity contribution in [1.82, 2.24) is 9.13 Å². The van der Waals surface area contributed by atoms with E-state index in [1.165, 1.54) is 70.5 Å². The summed E-state index contributed by atoms with van der Waals surface area (Å²) in [6.07, 6.45) is 0. The molecule has 0 atom stereocenters. The van der Waals surface area contributed by atoms with Gasteiger partial charge >= 0.3 is 0 Å². The number of anilines is 6. The van der Waals surface area contributed by atoms with Crippen LogP contribution in [0.15, 0.2) is 267 Å². The maximum Gasteiger partial charge on any atom is 0.0552 e. The standard InChI is InChI=1S/C66H44N4/c1-5-21-46(22-6-1)67(50-36-40-63-58(43-50)53-30-15-17-33-61(53)69(63)48-25-9-3-10-26-48)60-35-19-32-56-55(60)38-39-57-52-29-14-13-20-45(52)42-65(66(56)57)68(47-23-7-2-8-24-47)51-37-41-64-59(44-51)54-31-16-18-34-62(54)70(64)49-27-11-4-12-28-49/h1-44H. The molecular formula is C66H44N4. The molecule has 328 valence electrons. The first kappa shape index (κ1) is 39.8. The second-order valence-corrected chi connectivity index (χ2v) is 18.1. The lowest BCUT2D eigenvalue weighted by molar-refractivity contribution is 1.18. The Morgan fingerprint density at radius 1 is 0.229 bits per heavy atom. The highest BCUT2D eigenvalue weighted by Crippen LogP contribution is 2.49. The highest BCUT2D eigenvalue weighted by Gasteiger charge is 2.24. The lowest BCUT2D eigenvalue weighted by Crippen LogP contribution is -2.12. The summed E-state index contributed by atoms with van der Waals surface area (Å²) in [7, 11) is 0. The summed E-state index contributed by atoms with van der Waals surface area (Å²) in [5, 5.41) is 12.0. The summed E-state index contributed by atoms with van der Waals surface area (Å²) >= 11 is 0. The number of nitrogens with zero attached hydrogens (tertiary/aromatic N) is 4. The molecule has 4 heteroatoms. The van der Waals surface area contributed by atoms with Gasteiger partial charge in [-0.2, -0.15) is 0 Å². The molecule has 14 rings (SSSR count). The minimum Gasteiger partial charge on any atom is -0.310 e. The zero-order valence-corrected chi connectivity index (χ0v) is 38.2. The summed E-state index contributed by atoms with van der Waals surface area (Å²) in [6.45, 7) is 0. The molecule has 0 fully saturated rings. The van der Waals surface area contributed by atoms with Gasteiger partial charge in [-0.05, 0) is 131 Å². The molecule has 0 aliphatic rings. The Morgan fingerprint density at radius 2 is 0.643 bits per heavy atom. The average Bonchev–Trinajstić information content (AvgIpc) is 3.94. The summed E-state index contributed by atoms with van der Waals surface area (Å²) in [5.41, 5.74) is 13.6. The molecule has 12 aromatic carbocycles. The van der Waals surface area contributed by atoms with Crippen LogP contribution in [-0.4, -0.2) is 9.13 Å². The summed E-state index contributed by atoms with van der Waals surface area (Å²) < 4.78 is 4.77. The van der Waals surface area contributed by atoms with Gasteiger partial charge in [-0.25, -0.2) is 0 Å². The maximum atomic E-state index is 2.47. The highest BCUT2D eigenvalue weighted by atomic mass is 15.2. The predicted octanol–water partition coefficient (Wildman–Crippen LogP) is 18.3. The predicted molar refractivity (Wildman–Crippen MR) is 297 cm³/mol. The van der Waals surface area contributed by atoms with Crippen molar-refractivity contribution in [2.75, 3.05) is 9.80 Å². The van der Waals surface area contributed by atoms with Gasteiger partial charge in [-0.1, -0.05) is 158 Å². The van der Waals surface area contributed by atoms with E-state index in [9.17, 15) is 0 Å². The molecule has 0 saturated carbocycles. The minimum absolute atomic E-state index is 1.09. The number of hydrogen-bond donors (Lipinski definition) is 0. The maximum absolute atomic E-state index is 2.47. The highest BCUT2D eigenvalue weighted by molar-refractivity contribution is 6.26. The molecule has 0 spiro atoms. The van der Waals surface area contributed by atoms with Crippen LogP contribution in [0.2, 0.25) is 0 Å². The molecule has 14 aromatic rings.